The Balaban J connectivity index is 2.64. The van der Waals surface area contributed by atoms with E-state index in [-0.39, 0.29) is 0 Å². The van der Waals surface area contributed by atoms with Crippen molar-refractivity contribution in [3.05, 3.63) is 23.7 Å². The fourth-order valence-electron chi connectivity index (χ4n) is 1.26. The van der Waals surface area contributed by atoms with Crippen molar-refractivity contribution in [1.29, 1.82) is 0 Å². The molecule has 0 aromatic carbocycles. The highest BCUT2D eigenvalue weighted by Gasteiger charge is 2.11. The van der Waals surface area contributed by atoms with Gasteiger partial charge in [0.1, 0.15) is 5.82 Å². The minimum absolute atomic E-state index is 0.748. The molecule has 78 valence electrons. The van der Waals surface area contributed by atoms with Gasteiger partial charge in [0.25, 0.3) is 0 Å². The minimum Gasteiger partial charge on any atom is -0.402 e. The van der Waals surface area contributed by atoms with Crippen LogP contribution >= 0.6 is 0 Å². The number of nitrogens with two attached hydrogens (primary N) is 1. The summed E-state index contributed by atoms with van der Waals surface area (Å²) in [6, 6.07) is 0. The van der Waals surface area contributed by atoms with Crippen LogP contribution in [0.5, 0.6) is 0 Å². The number of rotatable bonds is 3. The van der Waals surface area contributed by atoms with Gasteiger partial charge in [-0.05, 0) is 25.8 Å². The number of ether oxygens (including phenoxy) is 1. The van der Waals surface area contributed by atoms with Crippen LogP contribution in [0.2, 0.25) is 0 Å². The first-order valence-corrected chi connectivity index (χ1v) is 4.67. The average molecular weight is 195 g/mol. The second-order valence-electron chi connectivity index (χ2n) is 3.19. The summed E-state index contributed by atoms with van der Waals surface area (Å²) in [6.45, 7) is 8.61. The number of hydrogen-bond donors (Lipinski definition) is 1. The molecular weight excluding hydrogens is 178 g/mol. The van der Waals surface area contributed by atoms with E-state index in [1.807, 2.05) is 19.1 Å². The van der Waals surface area contributed by atoms with Crippen molar-refractivity contribution in [1.82, 2.24) is 4.90 Å². The number of aliphatic imine (C=N–C) groups is 1. The van der Waals surface area contributed by atoms with Crippen LogP contribution in [0.4, 0.5) is 0 Å². The van der Waals surface area contributed by atoms with Gasteiger partial charge in [0, 0.05) is 18.8 Å². The number of morpholine rings is 1. The molecule has 4 heteroatoms. The Bertz CT molecular complexity index is 248. The summed E-state index contributed by atoms with van der Waals surface area (Å²) in [5, 5.41) is 0. The van der Waals surface area contributed by atoms with Crippen molar-refractivity contribution >= 4 is 6.72 Å². The second kappa shape index (κ2) is 5.44. The molecule has 1 heterocycles. The molecule has 0 atom stereocenters. The molecule has 0 unspecified atom stereocenters. The minimum atomic E-state index is 0.748. The third-order valence-corrected chi connectivity index (χ3v) is 1.99. The van der Waals surface area contributed by atoms with Crippen LogP contribution in [0.1, 0.15) is 6.92 Å². The van der Waals surface area contributed by atoms with Crippen LogP contribution in [0, 0.1) is 0 Å². The normalized spacial score (nSPS) is 19.6. The molecule has 0 spiro atoms. The molecule has 0 aromatic rings. The molecule has 0 aliphatic carbocycles. The van der Waals surface area contributed by atoms with E-state index in [1.54, 1.807) is 0 Å². The van der Waals surface area contributed by atoms with Gasteiger partial charge in [-0.2, -0.15) is 0 Å². The third-order valence-electron chi connectivity index (χ3n) is 1.99. The summed E-state index contributed by atoms with van der Waals surface area (Å²) in [5.74, 6) is 0.859. The van der Waals surface area contributed by atoms with Crippen LogP contribution in [-0.2, 0) is 4.74 Å². The smallest absolute Gasteiger partial charge is 0.127 e. The number of nitrogens with zero attached hydrogens (tertiary/aromatic N) is 2. The molecule has 2 N–H and O–H groups in total. The highest BCUT2D eigenvalue weighted by molar-refractivity contribution is 5.30. The monoisotopic (exact) mass is 195 g/mol. The van der Waals surface area contributed by atoms with E-state index in [1.165, 1.54) is 0 Å². The molecule has 0 radical (unpaired) electrons. The predicted molar refractivity (Wildman–Crippen MR) is 58.0 cm³/mol. The summed E-state index contributed by atoms with van der Waals surface area (Å²) in [5.41, 5.74) is 6.30. The molecule has 0 aromatic heterocycles. The first-order chi connectivity index (χ1) is 6.74. The van der Waals surface area contributed by atoms with Crippen molar-refractivity contribution in [2.75, 3.05) is 26.3 Å². The number of allylic oxidation sites excluding steroid dienone is 3. The Labute approximate surface area is 84.7 Å². The molecule has 1 fully saturated rings. The fraction of sp³-hybridized carbons (Fsp3) is 0.500. The Morgan fingerprint density at radius 2 is 2.07 bits per heavy atom. The maximum Gasteiger partial charge on any atom is 0.127 e. The van der Waals surface area contributed by atoms with E-state index in [0.717, 1.165) is 37.8 Å². The van der Waals surface area contributed by atoms with Crippen LogP contribution in [0.3, 0.4) is 0 Å². The highest BCUT2D eigenvalue weighted by Crippen LogP contribution is 2.08. The predicted octanol–water partition coefficient (Wildman–Crippen LogP) is 0.723. The van der Waals surface area contributed by atoms with Gasteiger partial charge < -0.3 is 15.4 Å². The van der Waals surface area contributed by atoms with Crippen molar-refractivity contribution in [3.63, 3.8) is 0 Å². The SMILES string of the molecule is C=N/C(=C\C=C(/C)N)N1CCOCC1. The van der Waals surface area contributed by atoms with E-state index in [9.17, 15) is 0 Å². The van der Waals surface area contributed by atoms with Crippen LogP contribution in [0.15, 0.2) is 28.7 Å². The van der Waals surface area contributed by atoms with Gasteiger partial charge in [0.15, 0.2) is 0 Å². The van der Waals surface area contributed by atoms with Gasteiger partial charge in [-0.15, -0.1) is 0 Å². The molecule has 1 aliphatic heterocycles. The Kier molecular flexibility index (Phi) is 4.19. The number of hydrogen-bond acceptors (Lipinski definition) is 4. The van der Waals surface area contributed by atoms with E-state index < -0.39 is 0 Å². The molecule has 1 rings (SSSR count). The maximum absolute atomic E-state index is 5.54. The molecule has 0 saturated carbocycles. The molecule has 4 nitrogen and oxygen atoms in total. The van der Waals surface area contributed by atoms with Gasteiger partial charge in [-0.25, -0.2) is 4.99 Å². The summed E-state index contributed by atoms with van der Waals surface area (Å²) in [7, 11) is 0. The molecule has 0 bridgehead atoms. The lowest BCUT2D eigenvalue weighted by Crippen LogP contribution is -2.35. The average Bonchev–Trinajstić information content (AvgIpc) is 2.20. The van der Waals surface area contributed by atoms with Crippen molar-refractivity contribution in [3.8, 4) is 0 Å². The van der Waals surface area contributed by atoms with Gasteiger partial charge in [-0.3, -0.25) is 0 Å². The Morgan fingerprint density at radius 3 is 2.57 bits per heavy atom. The van der Waals surface area contributed by atoms with Crippen LogP contribution in [-0.4, -0.2) is 37.9 Å². The molecule has 0 amide bonds. The molecule has 1 saturated heterocycles. The van der Waals surface area contributed by atoms with Crippen molar-refractivity contribution < 1.29 is 4.74 Å². The van der Waals surface area contributed by atoms with Crippen LogP contribution in [0.25, 0.3) is 0 Å². The summed E-state index contributed by atoms with van der Waals surface area (Å²) >= 11 is 0. The van der Waals surface area contributed by atoms with Gasteiger partial charge >= 0.3 is 0 Å². The van der Waals surface area contributed by atoms with Gasteiger partial charge in [0.05, 0.1) is 13.2 Å². The summed E-state index contributed by atoms with van der Waals surface area (Å²) in [6.07, 6.45) is 3.72. The highest BCUT2D eigenvalue weighted by atomic mass is 16.5. The van der Waals surface area contributed by atoms with Gasteiger partial charge in [0.2, 0.25) is 0 Å². The van der Waals surface area contributed by atoms with E-state index in [2.05, 4.69) is 16.6 Å². The maximum atomic E-state index is 5.54. The molecule has 1 aliphatic rings. The zero-order valence-electron chi connectivity index (χ0n) is 8.57. The van der Waals surface area contributed by atoms with Crippen molar-refractivity contribution in [2.45, 2.75) is 6.92 Å². The van der Waals surface area contributed by atoms with E-state index in [4.69, 9.17) is 10.5 Å². The molecular formula is C10H17N3O. The second-order valence-corrected chi connectivity index (χ2v) is 3.19. The van der Waals surface area contributed by atoms with Gasteiger partial charge in [-0.1, -0.05) is 0 Å². The van der Waals surface area contributed by atoms with E-state index >= 15 is 0 Å². The summed E-state index contributed by atoms with van der Waals surface area (Å²) in [4.78, 5) is 6.10. The largest absolute Gasteiger partial charge is 0.402 e. The standard InChI is InChI=1S/C10H17N3O/c1-9(11)3-4-10(12-2)13-5-7-14-8-6-13/h3-4H,2,5-8,11H2,1H3/b9-3+,10-4+. The lowest BCUT2D eigenvalue weighted by atomic mass is 10.3. The molecule has 14 heavy (non-hydrogen) atoms. The zero-order valence-corrected chi connectivity index (χ0v) is 8.57. The lowest BCUT2D eigenvalue weighted by Gasteiger charge is -2.28. The lowest BCUT2D eigenvalue weighted by molar-refractivity contribution is 0.0532. The van der Waals surface area contributed by atoms with Crippen molar-refractivity contribution in [2.24, 2.45) is 10.7 Å². The van der Waals surface area contributed by atoms with E-state index in [0.29, 0.717) is 0 Å². The quantitative estimate of drug-likeness (QED) is 0.533. The first kappa shape index (κ1) is 10.8. The fourth-order valence-corrected chi connectivity index (χ4v) is 1.26. The topological polar surface area (TPSA) is 50.8 Å². The third kappa shape index (κ3) is 3.22. The summed E-state index contributed by atoms with van der Waals surface area (Å²) < 4.78 is 5.25. The Morgan fingerprint density at radius 1 is 1.43 bits per heavy atom. The zero-order chi connectivity index (χ0) is 10.4. The first-order valence-electron chi connectivity index (χ1n) is 4.67. The Hall–Kier alpha value is -1.29. The van der Waals surface area contributed by atoms with Crippen LogP contribution < -0.4 is 5.73 Å².